The maximum atomic E-state index is 12.2. The van der Waals surface area contributed by atoms with Crippen LogP contribution < -0.4 is 11.1 Å². The van der Waals surface area contributed by atoms with Crippen LogP contribution in [0.5, 0.6) is 0 Å². The van der Waals surface area contributed by atoms with Crippen LogP contribution in [0, 0.1) is 5.92 Å². The molecule has 0 aromatic heterocycles. The molecule has 5 nitrogen and oxygen atoms in total. The number of benzene rings is 1. The Bertz CT molecular complexity index is 469. The van der Waals surface area contributed by atoms with Gasteiger partial charge in [0.05, 0.1) is 0 Å². The normalized spacial score (nSPS) is 18.1. The van der Waals surface area contributed by atoms with Crippen LogP contribution in [0.2, 0.25) is 0 Å². The van der Waals surface area contributed by atoms with Crippen LogP contribution in [0.3, 0.4) is 0 Å². The van der Waals surface area contributed by atoms with Gasteiger partial charge in [0.25, 0.3) is 0 Å². The molecule has 1 saturated heterocycles. The maximum Gasteiger partial charge on any atom is 0.241 e. The highest BCUT2D eigenvalue weighted by Crippen LogP contribution is 2.16. The Morgan fingerprint density at radius 2 is 1.96 bits per heavy atom. The number of piperidine rings is 1. The van der Waals surface area contributed by atoms with E-state index < -0.39 is 6.04 Å². The molecule has 1 atom stereocenters. The van der Waals surface area contributed by atoms with Gasteiger partial charge in [-0.3, -0.25) is 4.79 Å². The number of nitrogens with zero attached hydrogens (tertiary/aromatic N) is 2. The summed E-state index contributed by atoms with van der Waals surface area (Å²) >= 11 is 0. The number of amides is 1. The van der Waals surface area contributed by atoms with Crippen molar-refractivity contribution >= 4 is 5.91 Å². The molecule has 0 radical (unpaired) electrons. The summed E-state index contributed by atoms with van der Waals surface area (Å²) in [6, 6.07) is 8.97. The van der Waals surface area contributed by atoms with Crippen molar-refractivity contribution in [3.63, 3.8) is 0 Å². The Morgan fingerprint density at radius 1 is 1.30 bits per heavy atom. The zero-order chi connectivity index (χ0) is 16.7. The minimum absolute atomic E-state index is 0.0776. The molecule has 1 aliphatic heterocycles. The molecule has 1 aromatic rings. The second kappa shape index (κ2) is 9.01. The summed E-state index contributed by atoms with van der Waals surface area (Å²) in [5.41, 5.74) is 6.88. The van der Waals surface area contributed by atoms with Crippen LogP contribution in [-0.4, -0.2) is 62.5 Å². The number of carbonyl (C=O) groups is 1. The Labute approximate surface area is 139 Å². The average Bonchev–Trinajstić information content (AvgIpc) is 2.58. The summed E-state index contributed by atoms with van der Waals surface area (Å²) < 4.78 is 0. The molecule has 1 aromatic carbocycles. The topological polar surface area (TPSA) is 61.6 Å². The number of rotatable bonds is 7. The summed E-state index contributed by atoms with van der Waals surface area (Å²) in [5, 5.41) is 3.03. The van der Waals surface area contributed by atoms with Gasteiger partial charge in [-0.05, 0) is 51.5 Å². The predicted octanol–water partition coefficient (Wildman–Crippen LogP) is 1.08. The van der Waals surface area contributed by atoms with Crippen LogP contribution in [0.15, 0.2) is 30.3 Å². The average molecular weight is 318 g/mol. The Hall–Kier alpha value is -1.43. The van der Waals surface area contributed by atoms with E-state index in [9.17, 15) is 4.79 Å². The first kappa shape index (κ1) is 17.9. The molecule has 3 N–H and O–H groups in total. The quantitative estimate of drug-likeness (QED) is 0.790. The number of nitrogens with one attached hydrogen (secondary N) is 1. The van der Waals surface area contributed by atoms with E-state index >= 15 is 0 Å². The summed E-state index contributed by atoms with van der Waals surface area (Å²) in [4.78, 5) is 16.9. The van der Waals surface area contributed by atoms with Crippen molar-refractivity contribution in [2.45, 2.75) is 18.9 Å². The van der Waals surface area contributed by atoms with Crippen LogP contribution in [0.4, 0.5) is 0 Å². The van der Waals surface area contributed by atoms with E-state index in [1.54, 1.807) is 0 Å². The van der Waals surface area contributed by atoms with Gasteiger partial charge in [0.2, 0.25) is 5.91 Å². The Morgan fingerprint density at radius 3 is 2.57 bits per heavy atom. The lowest BCUT2D eigenvalue weighted by Gasteiger charge is -2.32. The largest absolute Gasteiger partial charge is 0.354 e. The van der Waals surface area contributed by atoms with Gasteiger partial charge in [-0.2, -0.15) is 0 Å². The molecule has 1 heterocycles. The molecule has 0 bridgehead atoms. The molecule has 23 heavy (non-hydrogen) atoms. The van der Waals surface area contributed by atoms with Crippen molar-refractivity contribution in [2.75, 3.05) is 46.8 Å². The van der Waals surface area contributed by atoms with E-state index in [0.29, 0.717) is 5.92 Å². The third-order valence-electron chi connectivity index (χ3n) is 4.58. The van der Waals surface area contributed by atoms with E-state index in [0.717, 1.165) is 51.1 Å². The molecule has 0 saturated carbocycles. The number of hydrogen-bond donors (Lipinski definition) is 2. The van der Waals surface area contributed by atoms with Gasteiger partial charge < -0.3 is 20.9 Å². The molecule has 1 amide bonds. The van der Waals surface area contributed by atoms with Gasteiger partial charge in [-0.1, -0.05) is 30.3 Å². The molecule has 128 valence electrons. The summed E-state index contributed by atoms with van der Waals surface area (Å²) in [5.74, 6) is 0.490. The molecule has 1 fully saturated rings. The standard InChI is InChI=1S/C18H30N4O/c1-21(2)12-13-22-10-8-15(9-11-22)14-20-18(23)17(19)16-6-4-3-5-7-16/h3-7,15,17H,8-14,19H2,1-2H3,(H,20,23). The van der Waals surface area contributed by atoms with Crippen LogP contribution >= 0.6 is 0 Å². The minimum Gasteiger partial charge on any atom is -0.354 e. The van der Waals surface area contributed by atoms with Gasteiger partial charge >= 0.3 is 0 Å². The van der Waals surface area contributed by atoms with E-state index in [1.165, 1.54) is 0 Å². The number of likely N-dealkylation sites (tertiary alicyclic amines) is 1. The molecule has 0 aliphatic carbocycles. The molecular formula is C18H30N4O. The van der Waals surface area contributed by atoms with Gasteiger partial charge in [-0.25, -0.2) is 0 Å². The van der Waals surface area contributed by atoms with E-state index in [2.05, 4.69) is 29.2 Å². The summed E-state index contributed by atoms with van der Waals surface area (Å²) in [7, 11) is 4.22. The second-order valence-electron chi connectivity index (χ2n) is 6.72. The zero-order valence-corrected chi connectivity index (χ0v) is 14.4. The number of likely N-dealkylation sites (N-methyl/N-ethyl adjacent to an activating group) is 1. The molecule has 1 aliphatic rings. The summed E-state index contributed by atoms with van der Waals surface area (Å²) in [6.45, 7) is 5.22. The van der Waals surface area contributed by atoms with Crippen molar-refractivity contribution < 1.29 is 4.79 Å². The monoisotopic (exact) mass is 318 g/mol. The first-order valence-corrected chi connectivity index (χ1v) is 8.51. The van der Waals surface area contributed by atoms with Gasteiger partial charge in [0.15, 0.2) is 0 Å². The third-order valence-corrected chi connectivity index (χ3v) is 4.58. The van der Waals surface area contributed by atoms with Crippen LogP contribution in [0.25, 0.3) is 0 Å². The third kappa shape index (κ3) is 5.94. The number of carbonyl (C=O) groups excluding carboxylic acids is 1. The van der Waals surface area contributed by atoms with E-state index in [1.807, 2.05) is 30.3 Å². The first-order valence-electron chi connectivity index (χ1n) is 8.51. The van der Waals surface area contributed by atoms with Gasteiger partial charge in [-0.15, -0.1) is 0 Å². The minimum atomic E-state index is -0.573. The predicted molar refractivity (Wildman–Crippen MR) is 94.1 cm³/mol. The van der Waals surface area contributed by atoms with Crippen LogP contribution in [-0.2, 0) is 4.79 Å². The second-order valence-corrected chi connectivity index (χ2v) is 6.72. The van der Waals surface area contributed by atoms with E-state index in [4.69, 9.17) is 5.73 Å². The number of hydrogen-bond acceptors (Lipinski definition) is 4. The molecule has 2 rings (SSSR count). The summed E-state index contributed by atoms with van der Waals surface area (Å²) in [6.07, 6.45) is 2.29. The fraction of sp³-hybridized carbons (Fsp3) is 0.611. The molecular weight excluding hydrogens is 288 g/mol. The highest BCUT2D eigenvalue weighted by molar-refractivity contribution is 5.82. The van der Waals surface area contributed by atoms with E-state index in [-0.39, 0.29) is 5.91 Å². The number of nitrogens with two attached hydrogens (primary N) is 1. The van der Waals surface area contributed by atoms with Gasteiger partial charge in [0, 0.05) is 19.6 Å². The molecule has 0 spiro atoms. The lowest BCUT2D eigenvalue weighted by Crippen LogP contribution is -2.42. The van der Waals surface area contributed by atoms with Gasteiger partial charge in [0.1, 0.15) is 6.04 Å². The Balaban J connectivity index is 1.68. The maximum absolute atomic E-state index is 12.2. The fourth-order valence-electron chi connectivity index (χ4n) is 2.92. The van der Waals surface area contributed by atoms with Crippen molar-refractivity contribution in [3.05, 3.63) is 35.9 Å². The van der Waals surface area contributed by atoms with Crippen molar-refractivity contribution in [3.8, 4) is 0 Å². The molecule has 1 unspecified atom stereocenters. The lowest BCUT2D eigenvalue weighted by molar-refractivity contribution is -0.122. The smallest absolute Gasteiger partial charge is 0.241 e. The SMILES string of the molecule is CN(C)CCN1CCC(CNC(=O)C(N)c2ccccc2)CC1. The Kier molecular flexibility index (Phi) is 7.02. The fourth-order valence-corrected chi connectivity index (χ4v) is 2.92. The van der Waals surface area contributed by atoms with Crippen molar-refractivity contribution in [1.29, 1.82) is 0 Å². The zero-order valence-electron chi connectivity index (χ0n) is 14.4. The van der Waals surface area contributed by atoms with Crippen LogP contribution in [0.1, 0.15) is 24.4 Å². The molecule has 5 heteroatoms. The highest BCUT2D eigenvalue weighted by atomic mass is 16.2. The first-order chi connectivity index (χ1) is 11.1. The lowest BCUT2D eigenvalue weighted by atomic mass is 9.96. The van der Waals surface area contributed by atoms with Crippen molar-refractivity contribution in [2.24, 2.45) is 11.7 Å². The highest BCUT2D eigenvalue weighted by Gasteiger charge is 2.21. The van der Waals surface area contributed by atoms with Crippen molar-refractivity contribution in [1.82, 2.24) is 15.1 Å².